The fourth-order valence-electron chi connectivity index (χ4n) is 2.97. The molecule has 43 heavy (non-hydrogen) atoms. The Morgan fingerprint density at radius 2 is 1.35 bits per heavy atom. The SMILES string of the molecule is CCOC(=O)c1nc(C)sc1F.COC(=O)c1nc(C)sc1Cl.Cc1nc(CCO)c(C)o1.Cc1nc(CCO)c(F)s1. The van der Waals surface area contributed by atoms with Crippen LogP contribution in [0, 0.1) is 44.9 Å². The first-order valence-electron chi connectivity index (χ1n) is 12.5. The normalized spacial score (nSPS) is 10.0. The minimum absolute atomic E-state index is 0.0416. The molecule has 4 rings (SSSR count). The molecular weight excluding hydrogens is 650 g/mol. The molecule has 0 aliphatic rings. The molecule has 0 saturated heterocycles. The summed E-state index contributed by atoms with van der Waals surface area (Å²) < 4.78 is 40.0. The quantitative estimate of drug-likeness (QED) is 0.233. The van der Waals surface area contributed by atoms with Crippen molar-refractivity contribution >= 4 is 57.5 Å². The number of ether oxygens (including phenoxy) is 2. The third-order valence-corrected chi connectivity index (χ3v) is 7.42. The van der Waals surface area contributed by atoms with E-state index in [1.54, 1.807) is 34.6 Å². The monoisotopic (exact) mass is 682 g/mol. The second-order valence-corrected chi connectivity index (χ2v) is 12.2. The number of methoxy groups -OCH3 is 1. The molecule has 0 amide bonds. The highest BCUT2D eigenvalue weighted by Crippen LogP contribution is 2.24. The number of esters is 2. The van der Waals surface area contributed by atoms with E-state index in [0.29, 0.717) is 38.8 Å². The molecule has 0 radical (unpaired) electrons. The topological polar surface area (TPSA) is 158 Å². The number of aliphatic hydroxyl groups is 2. The Balaban J connectivity index is 0.000000287. The smallest absolute Gasteiger partial charge is 0.360 e. The lowest BCUT2D eigenvalue weighted by molar-refractivity contribution is 0.0514. The van der Waals surface area contributed by atoms with Gasteiger partial charge in [0.1, 0.15) is 10.1 Å². The third kappa shape index (κ3) is 13.1. The Kier molecular flexibility index (Phi) is 17.2. The van der Waals surface area contributed by atoms with Crippen LogP contribution in [0.5, 0.6) is 0 Å². The minimum Gasteiger partial charge on any atom is -0.464 e. The van der Waals surface area contributed by atoms with Crippen molar-refractivity contribution in [2.24, 2.45) is 0 Å². The van der Waals surface area contributed by atoms with Gasteiger partial charge in [-0.15, -0.1) is 11.3 Å². The van der Waals surface area contributed by atoms with E-state index in [2.05, 4.69) is 29.4 Å². The Labute approximate surface area is 264 Å². The molecule has 0 atom stereocenters. The zero-order valence-corrected chi connectivity index (χ0v) is 27.8. The number of aromatic nitrogens is 4. The molecule has 0 spiro atoms. The van der Waals surface area contributed by atoms with E-state index in [0.717, 1.165) is 39.1 Å². The van der Waals surface area contributed by atoms with E-state index < -0.39 is 17.1 Å². The summed E-state index contributed by atoms with van der Waals surface area (Å²) in [4.78, 5) is 37.4. The van der Waals surface area contributed by atoms with E-state index in [9.17, 15) is 18.4 Å². The highest BCUT2D eigenvalue weighted by molar-refractivity contribution is 7.16. The van der Waals surface area contributed by atoms with Gasteiger partial charge in [0.2, 0.25) is 5.13 Å². The summed E-state index contributed by atoms with van der Waals surface area (Å²) in [7, 11) is 1.30. The van der Waals surface area contributed by atoms with Crippen LogP contribution in [0.15, 0.2) is 4.42 Å². The number of rotatable bonds is 7. The molecule has 0 aromatic carbocycles. The fraction of sp³-hybridized carbons (Fsp3) is 0.462. The van der Waals surface area contributed by atoms with Gasteiger partial charge in [-0.2, -0.15) is 8.78 Å². The summed E-state index contributed by atoms with van der Waals surface area (Å²) >= 11 is 8.81. The number of halogens is 3. The Bertz CT molecular complexity index is 1410. The molecule has 4 heterocycles. The average Bonchev–Trinajstić information content (AvgIpc) is 3.66. The molecule has 4 aromatic rings. The lowest BCUT2D eigenvalue weighted by atomic mass is 10.3. The average molecular weight is 683 g/mol. The highest BCUT2D eigenvalue weighted by atomic mass is 35.5. The number of carbonyl (C=O) groups excluding carboxylic acids is 2. The van der Waals surface area contributed by atoms with Crippen LogP contribution in [0.3, 0.4) is 0 Å². The number of carbonyl (C=O) groups is 2. The van der Waals surface area contributed by atoms with Crippen LogP contribution in [0.1, 0.15) is 66.0 Å². The predicted molar refractivity (Wildman–Crippen MR) is 160 cm³/mol. The summed E-state index contributed by atoms with van der Waals surface area (Å²) in [5.41, 5.74) is 1.24. The summed E-state index contributed by atoms with van der Waals surface area (Å²) in [6.45, 7) is 10.8. The summed E-state index contributed by atoms with van der Waals surface area (Å²) in [6, 6.07) is 0. The van der Waals surface area contributed by atoms with Crippen LogP contribution in [0.2, 0.25) is 4.34 Å². The number of oxazole rings is 1. The van der Waals surface area contributed by atoms with Crippen molar-refractivity contribution in [1.82, 2.24) is 19.9 Å². The van der Waals surface area contributed by atoms with Crippen molar-refractivity contribution in [2.75, 3.05) is 26.9 Å². The Morgan fingerprint density at radius 3 is 1.74 bits per heavy atom. The third-order valence-electron chi connectivity index (χ3n) is 4.69. The first-order valence-corrected chi connectivity index (χ1v) is 15.4. The number of hydrogen-bond donors (Lipinski definition) is 2. The van der Waals surface area contributed by atoms with E-state index in [1.165, 1.54) is 18.4 Å². The van der Waals surface area contributed by atoms with Crippen molar-refractivity contribution in [3.63, 3.8) is 0 Å². The van der Waals surface area contributed by atoms with Gasteiger partial charge in [-0.25, -0.2) is 29.5 Å². The zero-order valence-electron chi connectivity index (χ0n) is 24.6. The van der Waals surface area contributed by atoms with Gasteiger partial charge in [0.25, 0.3) is 0 Å². The second kappa shape index (κ2) is 19.4. The van der Waals surface area contributed by atoms with E-state index in [4.69, 9.17) is 26.2 Å². The minimum atomic E-state index is -0.695. The van der Waals surface area contributed by atoms with Gasteiger partial charge in [0, 0.05) is 33.0 Å². The van der Waals surface area contributed by atoms with Gasteiger partial charge >= 0.3 is 11.9 Å². The van der Waals surface area contributed by atoms with Crippen molar-refractivity contribution in [3.8, 4) is 0 Å². The van der Waals surface area contributed by atoms with Gasteiger partial charge in [-0.3, -0.25) is 0 Å². The molecule has 0 bridgehead atoms. The maximum atomic E-state index is 12.8. The molecule has 11 nitrogen and oxygen atoms in total. The molecule has 238 valence electrons. The van der Waals surface area contributed by atoms with Crippen molar-refractivity contribution in [3.05, 3.63) is 64.0 Å². The van der Waals surface area contributed by atoms with Gasteiger partial charge in [0.15, 0.2) is 22.4 Å². The Hall–Kier alpha value is -2.89. The molecule has 2 N–H and O–H groups in total. The molecule has 0 aliphatic heterocycles. The standard InChI is InChI=1S/C7H8FNO2S.C7H11NO2.C6H6ClNO2S.C6H8FNOS/c1-3-11-7(10)5-6(8)12-4(2)9-5;1-5-7(3-4-9)8-6(2)10-5;1-3-8-4(5(7)11-3)6(9)10-2;1-4-8-5(2-3-9)6(7)10-4/h3H2,1-2H3;9H,3-4H2,1-2H3;1-2H3;9H,2-3H2,1H3. The maximum Gasteiger partial charge on any atom is 0.360 e. The largest absolute Gasteiger partial charge is 0.464 e. The summed E-state index contributed by atoms with van der Waals surface area (Å²) in [5.74, 6) is 0.297. The lowest BCUT2D eigenvalue weighted by Gasteiger charge is -1.96. The van der Waals surface area contributed by atoms with E-state index >= 15 is 0 Å². The number of aliphatic hydroxyl groups excluding tert-OH is 2. The predicted octanol–water partition coefficient (Wildman–Crippen LogP) is 5.61. The van der Waals surface area contributed by atoms with Gasteiger partial charge < -0.3 is 24.1 Å². The van der Waals surface area contributed by atoms with E-state index in [1.807, 2.05) is 6.92 Å². The van der Waals surface area contributed by atoms with Crippen molar-refractivity contribution < 1.29 is 42.5 Å². The van der Waals surface area contributed by atoms with Crippen molar-refractivity contribution in [1.29, 1.82) is 0 Å². The molecule has 4 aromatic heterocycles. The number of nitrogens with zero attached hydrogens (tertiary/aromatic N) is 4. The summed E-state index contributed by atoms with van der Waals surface area (Å²) in [5, 5.41) is 18.2. The second-order valence-electron chi connectivity index (χ2n) is 8.06. The molecule has 0 unspecified atom stereocenters. The van der Waals surface area contributed by atoms with Crippen LogP contribution < -0.4 is 0 Å². The fourth-order valence-corrected chi connectivity index (χ4v) is 5.35. The summed E-state index contributed by atoms with van der Waals surface area (Å²) in [6.07, 6.45) is 0.902. The molecular formula is C26H33ClF2N4O7S3. The van der Waals surface area contributed by atoms with Gasteiger partial charge in [-0.05, 0) is 34.6 Å². The number of thiazole rings is 3. The molecule has 0 fully saturated rings. The number of hydrogen-bond acceptors (Lipinski definition) is 14. The molecule has 17 heteroatoms. The van der Waals surface area contributed by atoms with Crippen LogP contribution in [-0.4, -0.2) is 69.0 Å². The van der Waals surface area contributed by atoms with Crippen LogP contribution in [-0.2, 0) is 22.3 Å². The molecule has 0 aliphatic carbocycles. The first-order chi connectivity index (χ1) is 20.3. The van der Waals surface area contributed by atoms with Crippen LogP contribution in [0.4, 0.5) is 8.78 Å². The molecule has 0 saturated carbocycles. The van der Waals surface area contributed by atoms with Crippen LogP contribution in [0.25, 0.3) is 0 Å². The van der Waals surface area contributed by atoms with Crippen molar-refractivity contribution in [2.45, 2.75) is 54.4 Å². The van der Waals surface area contributed by atoms with E-state index in [-0.39, 0.29) is 36.3 Å². The zero-order chi connectivity index (χ0) is 32.7. The van der Waals surface area contributed by atoms with Gasteiger partial charge in [0.05, 0.1) is 40.1 Å². The first kappa shape index (κ1) is 38.1. The van der Waals surface area contributed by atoms with Gasteiger partial charge in [-0.1, -0.05) is 34.3 Å². The Morgan fingerprint density at radius 1 is 0.814 bits per heavy atom. The lowest BCUT2D eigenvalue weighted by Crippen LogP contribution is -2.06. The van der Waals surface area contributed by atoms with Crippen LogP contribution >= 0.6 is 45.6 Å². The maximum absolute atomic E-state index is 12.8. The highest BCUT2D eigenvalue weighted by Gasteiger charge is 2.17. The number of aryl methyl sites for hydroxylation is 5.